The molecule has 1 aliphatic rings. The Hall–Kier alpha value is -2.43. The average molecular weight is 439 g/mol. The maximum absolute atomic E-state index is 5.26. The summed E-state index contributed by atoms with van der Waals surface area (Å²) < 4.78 is 11.0. The normalized spacial score (nSPS) is 15.2. The fraction of sp³-hybridized carbons (Fsp3) is 0.562. The van der Waals surface area contributed by atoms with Gasteiger partial charge in [-0.15, -0.1) is 0 Å². The largest absolute Gasteiger partial charge is 0.480 e. The van der Waals surface area contributed by atoms with E-state index in [1.54, 1.807) is 20.2 Å². The summed E-state index contributed by atoms with van der Waals surface area (Å²) in [5, 5.41) is 7.21. The summed E-state index contributed by atoms with van der Waals surface area (Å²) in [5.74, 6) is 3.17. The number of hydrogen-bond donors (Lipinski definition) is 1. The number of aromatic nitrogens is 4. The quantitative estimate of drug-likeness (QED) is 0.544. The third-order valence-corrected chi connectivity index (χ3v) is 4.57. The van der Waals surface area contributed by atoms with Gasteiger partial charge in [0.1, 0.15) is 6.54 Å². The van der Waals surface area contributed by atoms with E-state index >= 15 is 0 Å². The summed E-state index contributed by atoms with van der Waals surface area (Å²) in [6, 6.07) is 0. The highest BCUT2D eigenvalue weighted by molar-refractivity contribution is 9.10. The van der Waals surface area contributed by atoms with Crippen molar-refractivity contribution in [1.29, 1.82) is 0 Å². The Labute approximate surface area is 166 Å². The van der Waals surface area contributed by atoms with Gasteiger partial charge in [-0.2, -0.15) is 9.97 Å². The molecule has 27 heavy (non-hydrogen) atoms. The smallest absolute Gasteiger partial charge is 0.232 e. The first kappa shape index (κ1) is 19.3. The van der Waals surface area contributed by atoms with Gasteiger partial charge in [0.05, 0.1) is 17.8 Å². The molecule has 10 nitrogen and oxygen atoms in total. The van der Waals surface area contributed by atoms with Gasteiger partial charge in [-0.3, -0.25) is 0 Å². The Kier molecular flexibility index (Phi) is 6.43. The molecule has 1 saturated heterocycles. The van der Waals surface area contributed by atoms with Gasteiger partial charge in [0.2, 0.25) is 17.7 Å². The molecule has 1 aliphatic heterocycles. The molecule has 0 saturated carbocycles. The van der Waals surface area contributed by atoms with Crippen LogP contribution in [0.1, 0.15) is 18.6 Å². The Bertz CT molecular complexity index is 788. The second kappa shape index (κ2) is 8.98. The molecule has 3 heterocycles. The molecule has 2 aromatic heterocycles. The van der Waals surface area contributed by atoms with Crippen molar-refractivity contribution in [2.45, 2.75) is 20.4 Å². The molecule has 1 fully saturated rings. The van der Waals surface area contributed by atoms with Gasteiger partial charge >= 0.3 is 0 Å². The van der Waals surface area contributed by atoms with Gasteiger partial charge in [-0.1, -0.05) is 5.16 Å². The second-order valence-electron chi connectivity index (χ2n) is 5.90. The van der Waals surface area contributed by atoms with Crippen LogP contribution in [0.15, 0.2) is 20.2 Å². The Morgan fingerprint density at radius 1 is 1.33 bits per heavy atom. The number of hydrogen-bond acceptors (Lipinski definition) is 8. The lowest BCUT2D eigenvalue weighted by molar-refractivity contribution is 0.365. The number of anilines is 1. The topological polar surface area (TPSA) is 105 Å². The SMILES string of the molecule is CCNC(=NCc1noc(C)n1)N1CCN(c2ncc(Br)c(OC)n2)CC1. The first-order valence-electron chi connectivity index (χ1n) is 8.74. The Morgan fingerprint density at radius 2 is 2.11 bits per heavy atom. The number of piperazine rings is 1. The summed E-state index contributed by atoms with van der Waals surface area (Å²) in [5.41, 5.74) is 0. The zero-order valence-electron chi connectivity index (χ0n) is 15.6. The molecule has 3 rings (SSSR count). The number of guanidine groups is 1. The number of aliphatic imine (C=N–C) groups is 1. The molecule has 11 heteroatoms. The van der Waals surface area contributed by atoms with Gasteiger partial charge in [0.25, 0.3) is 0 Å². The number of nitrogens with zero attached hydrogens (tertiary/aromatic N) is 7. The number of ether oxygens (including phenoxy) is 1. The lowest BCUT2D eigenvalue weighted by atomic mass is 10.3. The summed E-state index contributed by atoms with van der Waals surface area (Å²) in [6.07, 6.45) is 1.71. The Balaban J connectivity index is 1.63. The summed E-state index contributed by atoms with van der Waals surface area (Å²) in [7, 11) is 1.60. The van der Waals surface area contributed by atoms with E-state index in [0.29, 0.717) is 30.1 Å². The fourth-order valence-corrected chi connectivity index (χ4v) is 3.09. The van der Waals surface area contributed by atoms with E-state index in [0.717, 1.165) is 43.2 Å². The van der Waals surface area contributed by atoms with E-state index in [9.17, 15) is 0 Å². The highest BCUT2D eigenvalue weighted by Crippen LogP contribution is 2.23. The highest BCUT2D eigenvalue weighted by Gasteiger charge is 2.22. The molecule has 1 N–H and O–H groups in total. The molecule has 0 atom stereocenters. The van der Waals surface area contributed by atoms with Crippen molar-refractivity contribution < 1.29 is 9.26 Å². The standard InChI is InChI=1S/C16H23BrN8O2/c1-4-18-15(20-10-13-21-11(2)27-23-13)24-5-7-25(8-6-24)16-19-9-12(17)14(22-16)26-3/h9H,4-8,10H2,1-3H3,(H,18,20). The van der Waals surface area contributed by atoms with Crippen molar-refractivity contribution in [3.8, 4) is 5.88 Å². The van der Waals surface area contributed by atoms with Crippen LogP contribution in [-0.2, 0) is 6.54 Å². The minimum atomic E-state index is 0.382. The van der Waals surface area contributed by atoms with Crippen LogP contribution in [0, 0.1) is 6.92 Å². The van der Waals surface area contributed by atoms with Crippen molar-refractivity contribution in [2.24, 2.45) is 4.99 Å². The molecule has 0 aromatic carbocycles. The molecule has 0 bridgehead atoms. The van der Waals surface area contributed by atoms with E-state index in [-0.39, 0.29) is 0 Å². The summed E-state index contributed by atoms with van der Waals surface area (Å²) in [6.45, 7) is 8.17. The van der Waals surface area contributed by atoms with Crippen LogP contribution in [0.25, 0.3) is 0 Å². The van der Waals surface area contributed by atoms with Gasteiger partial charge in [-0.05, 0) is 22.9 Å². The lowest BCUT2D eigenvalue weighted by Gasteiger charge is -2.36. The van der Waals surface area contributed by atoms with Gasteiger partial charge in [-0.25, -0.2) is 9.98 Å². The van der Waals surface area contributed by atoms with E-state index in [2.05, 4.69) is 56.1 Å². The third-order valence-electron chi connectivity index (χ3n) is 4.03. The lowest BCUT2D eigenvalue weighted by Crippen LogP contribution is -2.53. The zero-order valence-corrected chi connectivity index (χ0v) is 17.2. The van der Waals surface area contributed by atoms with E-state index in [1.165, 1.54) is 0 Å². The third kappa shape index (κ3) is 4.85. The average Bonchev–Trinajstić information content (AvgIpc) is 3.11. The number of halogens is 1. The number of methoxy groups -OCH3 is 1. The van der Waals surface area contributed by atoms with E-state index in [1.807, 2.05) is 6.92 Å². The fourth-order valence-electron chi connectivity index (χ4n) is 2.73. The van der Waals surface area contributed by atoms with Crippen LogP contribution in [0.2, 0.25) is 0 Å². The van der Waals surface area contributed by atoms with Crippen molar-refractivity contribution in [1.82, 2.24) is 30.3 Å². The zero-order chi connectivity index (χ0) is 19.2. The first-order chi connectivity index (χ1) is 13.1. The molecule has 0 spiro atoms. The summed E-state index contributed by atoms with van der Waals surface area (Å²) in [4.78, 5) is 22.0. The van der Waals surface area contributed by atoms with Crippen LogP contribution in [0.3, 0.4) is 0 Å². The Morgan fingerprint density at radius 3 is 2.74 bits per heavy atom. The predicted molar refractivity (Wildman–Crippen MR) is 104 cm³/mol. The number of nitrogens with one attached hydrogen (secondary N) is 1. The van der Waals surface area contributed by atoms with Crippen LogP contribution in [-0.4, -0.2) is 70.8 Å². The van der Waals surface area contributed by atoms with Gasteiger partial charge in [0.15, 0.2) is 11.8 Å². The monoisotopic (exact) mass is 438 g/mol. The molecular weight excluding hydrogens is 416 g/mol. The van der Waals surface area contributed by atoms with Crippen molar-refractivity contribution in [3.05, 3.63) is 22.4 Å². The van der Waals surface area contributed by atoms with E-state index < -0.39 is 0 Å². The minimum Gasteiger partial charge on any atom is -0.480 e. The van der Waals surface area contributed by atoms with Crippen molar-refractivity contribution in [3.63, 3.8) is 0 Å². The van der Waals surface area contributed by atoms with Crippen molar-refractivity contribution in [2.75, 3.05) is 44.7 Å². The maximum atomic E-state index is 5.26. The molecule has 0 unspecified atom stereocenters. The van der Waals surface area contributed by atoms with E-state index in [4.69, 9.17) is 9.26 Å². The van der Waals surface area contributed by atoms with Crippen molar-refractivity contribution >= 4 is 27.8 Å². The first-order valence-corrected chi connectivity index (χ1v) is 9.54. The molecule has 0 radical (unpaired) electrons. The molecule has 0 aliphatic carbocycles. The summed E-state index contributed by atoms with van der Waals surface area (Å²) >= 11 is 3.38. The number of aryl methyl sites for hydroxylation is 1. The number of rotatable bonds is 5. The second-order valence-corrected chi connectivity index (χ2v) is 6.76. The van der Waals surface area contributed by atoms with Crippen LogP contribution in [0.4, 0.5) is 5.95 Å². The maximum Gasteiger partial charge on any atom is 0.232 e. The molecule has 2 aromatic rings. The molecule has 0 amide bonds. The van der Waals surface area contributed by atoms with Gasteiger partial charge in [0, 0.05) is 39.6 Å². The minimum absolute atomic E-state index is 0.382. The van der Waals surface area contributed by atoms with Crippen LogP contribution >= 0.6 is 15.9 Å². The van der Waals surface area contributed by atoms with Crippen LogP contribution in [0.5, 0.6) is 5.88 Å². The molecular formula is C16H23BrN8O2. The molecule has 146 valence electrons. The van der Waals surface area contributed by atoms with Crippen LogP contribution < -0.4 is 15.0 Å². The predicted octanol–water partition coefficient (Wildman–Crippen LogP) is 1.23. The van der Waals surface area contributed by atoms with Gasteiger partial charge < -0.3 is 24.4 Å². The highest BCUT2D eigenvalue weighted by atomic mass is 79.9.